The van der Waals surface area contributed by atoms with Gasteiger partial charge in [0.05, 0.1) is 17.0 Å². The Morgan fingerprint density at radius 1 is 1.09 bits per heavy atom. The molecule has 0 saturated carbocycles. The van der Waals surface area contributed by atoms with Gasteiger partial charge in [-0.25, -0.2) is 17.5 Å². The standard InChI is InChI=1S/C23H28N4O5S/c1-25(2)33(30,31)19-8-9-21(26-10-3-4-11-26)20(15-19)22(28)24-16-17-6-5-7-18(14-17)27-12-13-32-23(27)29/h5-9,14-15H,3-4,10-13,16H2,1-2H3,(H,24,28). The normalized spacial score (nSPS) is 16.4. The Hall–Kier alpha value is -3.11. The lowest BCUT2D eigenvalue weighted by atomic mass is 10.1. The minimum atomic E-state index is -3.68. The summed E-state index contributed by atoms with van der Waals surface area (Å²) in [6, 6.07) is 12.1. The lowest BCUT2D eigenvalue weighted by molar-refractivity contribution is 0.0951. The molecule has 0 bridgehead atoms. The van der Waals surface area contributed by atoms with Crippen molar-refractivity contribution in [2.24, 2.45) is 0 Å². The fourth-order valence-corrected chi connectivity index (χ4v) is 4.97. The zero-order chi connectivity index (χ0) is 23.6. The number of cyclic esters (lactones) is 1. The average molecular weight is 473 g/mol. The van der Waals surface area contributed by atoms with Crippen molar-refractivity contribution in [1.29, 1.82) is 0 Å². The van der Waals surface area contributed by atoms with Crippen molar-refractivity contribution in [1.82, 2.24) is 9.62 Å². The van der Waals surface area contributed by atoms with Crippen molar-refractivity contribution in [3.05, 3.63) is 53.6 Å². The predicted molar refractivity (Wildman–Crippen MR) is 125 cm³/mol. The number of sulfonamides is 1. The maximum Gasteiger partial charge on any atom is 0.414 e. The molecule has 10 heteroatoms. The molecule has 0 aromatic heterocycles. The molecule has 176 valence electrons. The van der Waals surface area contributed by atoms with Crippen LogP contribution in [0.5, 0.6) is 0 Å². The number of nitrogens with zero attached hydrogens (tertiary/aromatic N) is 3. The third-order valence-corrected chi connectivity index (χ3v) is 7.69. The molecule has 2 aromatic rings. The third-order valence-electron chi connectivity index (χ3n) is 5.87. The largest absolute Gasteiger partial charge is 0.447 e. The first-order valence-corrected chi connectivity index (χ1v) is 12.3. The van der Waals surface area contributed by atoms with Gasteiger partial charge in [-0.1, -0.05) is 12.1 Å². The highest BCUT2D eigenvalue weighted by Gasteiger charge is 2.25. The maximum atomic E-state index is 13.2. The molecule has 0 aliphatic carbocycles. The monoisotopic (exact) mass is 472 g/mol. The van der Waals surface area contributed by atoms with Crippen LogP contribution < -0.4 is 15.1 Å². The van der Waals surface area contributed by atoms with E-state index in [-0.39, 0.29) is 23.4 Å². The van der Waals surface area contributed by atoms with E-state index < -0.39 is 10.0 Å². The van der Waals surface area contributed by atoms with Gasteiger partial charge in [-0.3, -0.25) is 9.69 Å². The van der Waals surface area contributed by atoms with Gasteiger partial charge in [0.25, 0.3) is 5.91 Å². The molecule has 0 atom stereocenters. The topological polar surface area (TPSA) is 99.3 Å². The van der Waals surface area contributed by atoms with Crippen LogP contribution in [0.1, 0.15) is 28.8 Å². The van der Waals surface area contributed by atoms with E-state index in [1.807, 2.05) is 24.3 Å². The van der Waals surface area contributed by atoms with Gasteiger partial charge in [-0.05, 0) is 48.7 Å². The zero-order valence-corrected chi connectivity index (χ0v) is 19.6. The van der Waals surface area contributed by atoms with Gasteiger partial charge < -0.3 is 15.0 Å². The number of anilines is 2. The average Bonchev–Trinajstić information content (AvgIpc) is 3.49. The molecule has 2 saturated heterocycles. The van der Waals surface area contributed by atoms with Crippen LogP contribution in [0.15, 0.2) is 47.4 Å². The summed E-state index contributed by atoms with van der Waals surface area (Å²) in [6.45, 7) is 2.73. The second-order valence-electron chi connectivity index (χ2n) is 8.28. The van der Waals surface area contributed by atoms with Crippen molar-refractivity contribution >= 4 is 33.4 Å². The summed E-state index contributed by atoms with van der Waals surface area (Å²) in [5, 5.41) is 2.91. The number of amides is 2. The van der Waals surface area contributed by atoms with Crippen molar-refractivity contribution in [3.63, 3.8) is 0 Å². The van der Waals surface area contributed by atoms with Gasteiger partial charge in [0.15, 0.2) is 0 Å². The molecular formula is C23H28N4O5S. The SMILES string of the molecule is CN(C)S(=O)(=O)c1ccc(N2CCCC2)c(C(=O)NCc2cccc(N3CCOC3=O)c2)c1. The van der Waals surface area contributed by atoms with Gasteiger partial charge >= 0.3 is 6.09 Å². The van der Waals surface area contributed by atoms with Crippen LogP contribution in [0, 0.1) is 0 Å². The first-order valence-electron chi connectivity index (χ1n) is 10.9. The van der Waals surface area contributed by atoms with E-state index in [0.717, 1.165) is 41.5 Å². The number of hydrogen-bond acceptors (Lipinski definition) is 6. The van der Waals surface area contributed by atoms with E-state index in [0.29, 0.717) is 24.4 Å². The van der Waals surface area contributed by atoms with Gasteiger partial charge in [0.1, 0.15) is 6.61 Å². The molecule has 0 radical (unpaired) electrons. The Morgan fingerprint density at radius 3 is 2.52 bits per heavy atom. The second kappa shape index (κ2) is 9.40. The number of nitrogens with one attached hydrogen (secondary N) is 1. The highest BCUT2D eigenvalue weighted by molar-refractivity contribution is 7.89. The minimum absolute atomic E-state index is 0.0788. The van der Waals surface area contributed by atoms with E-state index in [4.69, 9.17) is 4.74 Å². The molecule has 9 nitrogen and oxygen atoms in total. The zero-order valence-electron chi connectivity index (χ0n) is 18.8. The summed E-state index contributed by atoms with van der Waals surface area (Å²) in [4.78, 5) is 28.8. The predicted octanol–water partition coefficient (Wildman–Crippen LogP) is 2.42. The number of benzene rings is 2. The molecular weight excluding hydrogens is 444 g/mol. The molecule has 2 fully saturated rings. The Morgan fingerprint density at radius 2 is 1.85 bits per heavy atom. The van der Waals surface area contributed by atoms with Gasteiger partial charge in [-0.15, -0.1) is 0 Å². The fourth-order valence-electron chi connectivity index (χ4n) is 4.04. The third kappa shape index (κ3) is 4.81. The smallest absolute Gasteiger partial charge is 0.414 e. The van der Waals surface area contributed by atoms with Crippen LogP contribution in [0.25, 0.3) is 0 Å². The van der Waals surface area contributed by atoms with Crippen molar-refractivity contribution in [3.8, 4) is 0 Å². The molecule has 4 rings (SSSR count). The van der Waals surface area contributed by atoms with Crippen LogP contribution in [0.2, 0.25) is 0 Å². The van der Waals surface area contributed by atoms with Crippen molar-refractivity contribution in [2.75, 3.05) is 50.1 Å². The van der Waals surface area contributed by atoms with Gasteiger partial charge in [0, 0.05) is 45.1 Å². The van der Waals surface area contributed by atoms with Crippen LogP contribution >= 0.6 is 0 Å². The van der Waals surface area contributed by atoms with E-state index in [2.05, 4.69) is 10.2 Å². The Labute approximate surface area is 194 Å². The molecule has 0 spiro atoms. The van der Waals surface area contributed by atoms with Crippen molar-refractivity contribution < 1.29 is 22.7 Å². The van der Waals surface area contributed by atoms with Crippen LogP contribution in [0.4, 0.5) is 16.2 Å². The summed E-state index contributed by atoms with van der Waals surface area (Å²) < 4.78 is 31.4. The van der Waals surface area contributed by atoms with Crippen LogP contribution in [-0.4, -0.2) is 65.1 Å². The summed E-state index contributed by atoms with van der Waals surface area (Å²) in [7, 11) is -0.745. The van der Waals surface area contributed by atoms with E-state index in [1.165, 1.54) is 20.2 Å². The molecule has 0 unspecified atom stereocenters. The lowest BCUT2D eigenvalue weighted by Gasteiger charge is -2.22. The molecule has 33 heavy (non-hydrogen) atoms. The highest BCUT2D eigenvalue weighted by Crippen LogP contribution is 2.28. The van der Waals surface area contributed by atoms with E-state index in [1.54, 1.807) is 17.0 Å². The molecule has 2 amide bonds. The Bertz CT molecular complexity index is 1160. The van der Waals surface area contributed by atoms with E-state index >= 15 is 0 Å². The summed E-state index contributed by atoms with van der Waals surface area (Å²) in [5.41, 5.74) is 2.59. The maximum absolute atomic E-state index is 13.2. The molecule has 2 aliphatic rings. The van der Waals surface area contributed by atoms with Crippen molar-refractivity contribution in [2.45, 2.75) is 24.3 Å². The number of rotatable bonds is 7. The lowest BCUT2D eigenvalue weighted by Crippen LogP contribution is -2.28. The summed E-state index contributed by atoms with van der Waals surface area (Å²) >= 11 is 0. The minimum Gasteiger partial charge on any atom is -0.447 e. The molecule has 1 N–H and O–H groups in total. The Balaban J connectivity index is 1.57. The molecule has 2 heterocycles. The van der Waals surface area contributed by atoms with Gasteiger partial charge in [-0.2, -0.15) is 0 Å². The first-order chi connectivity index (χ1) is 15.8. The number of carbonyl (C=O) groups excluding carboxylic acids is 2. The molecule has 2 aliphatic heterocycles. The van der Waals surface area contributed by atoms with Crippen LogP contribution in [-0.2, 0) is 21.3 Å². The molecule has 2 aromatic carbocycles. The summed E-state index contributed by atoms with van der Waals surface area (Å²) in [5.74, 6) is -0.348. The number of hydrogen-bond donors (Lipinski definition) is 1. The van der Waals surface area contributed by atoms with Crippen LogP contribution in [0.3, 0.4) is 0 Å². The van der Waals surface area contributed by atoms with Gasteiger partial charge in [0.2, 0.25) is 10.0 Å². The quantitative estimate of drug-likeness (QED) is 0.665. The number of carbonyl (C=O) groups is 2. The fraction of sp³-hybridized carbons (Fsp3) is 0.391. The number of ether oxygens (including phenoxy) is 1. The Kier molecular flexibility index (Phi) is 6.57. The highest BCUT2D eigenvalue weighted by atomic mass is 32.2. The second-order valence-corrected chi connectivity index (χ2v) is 10.4. The first kappa shape index (κ1) is 23.1. The summed E-state index contributed by atoms with van der Waals surface area (Å²) in [6.07, 6.45) is 1.68. The van der Waals surface area contributed by atoms with E-state index in [9.17, 15) is 18.0 Å².